The summed E-state index contributed by atoms with van der Waals surface area (Å²) in [5, 5.41) is 2.53. The minimum absolute atomic E-state index is 0.568. The molecule has 0 spiro atoms. The van der Waals surface area contributed by atoms with Gasteiger partial charge in [0.2, 0.25) is 5.88 Å². The Balaban J connectivity index is 1.90. The largest absolute Gasteiger partial charge is 0.481 e. The van der Waals surface area contributed by atoms with E-state index in [-0.39, 0.29) is 0 Å². The van der Waals surface area contributed by atoms with Crippen molar-refractivity contribution in [2.24, 2.45) is 5.73 Å². The molecule has 0 radical (unpaired) electrons. The lowest BCUT2D eigenvalue weighted by molar-refractivity contribution is 0.399. The van der Waals surface area contributed by atoms with Crippen LogP contribution >= 0.6 is 11.8 Å². The standard InChI is InChI=1S/C15H18N4OS/c1-20-14-3-2-12-15(18-14)13(4-7-17-12)19-8-5-11(10-19)21-9-6-16/h2-4,6-7,9,11H,5,8,10,16H2,1H3/b9-6+/t11-/m1/s1. The van der Waals surface area contributed by atoms with Crippen LogP contribution in [0.4, 0.5) is 5.69 Å². The third-order valence-electron chi connectivity index (χ3n) is 3.58. The van der Waals surface area contributed by atoms with Crippen molar-refractivity contribution in [3.63, 3.8) is 0 Å². The first-order valence-corrected chi connectivity index (χ1v) is 7.83. The first-order chi connectivity index (χ1) is 10.3. The van der Waals surface area contributed by atoms with E-state index >= 15 is 0 Å². The number of aromatic nitrogens is 2. The number of nitrogens with zero attached hydrogens (tertiary/aromatic N) is 3. The number of nitrogens with two attached hydrogens (primary N) is 1. The Hall–Kier alpha value is -1.95. The molecule has 0 bridgehead atoms. The summed E-state index contributed by atoms with van der Waals surface area (Å²) in [5.41, 5.74) is 8.33. The van der Waals surface area contributed by atoms with Crippen LogP contribution in [0.15, 0.2) is 36.0 Å². The predicted molar refractivity (Wildman–Crippen MR) is 87.6 cm³/mol. The molecule has 1 saturated heterocycles. The van der Waals surface area contributed by atoms with Gasteiger partial charge >= 0.3 is 0 Å². The molecule has 3 heterocycles. The molecule has 1 fully saturated rings. The van der Waals surface area contributed by atoms with Crippen LogP contribution in [0.1, 0.15) is 6.42 Å². The zero-order valence-corrected chi connectivity index (χ0v) is 12.7. The molecule has 2 aromatic heterocycles. The fourth-order valence-electron chi connectivity index (χ4n) is 2.58. The molecular formula is C15H18N4OS. The van der Waals surface area contributed by atoms with Crippen molar-refractivity contribution in [1.82, 2.24) is 9.97 Å². The van der Waals surface area contributed by atoms with Crippen LogP contribution in [-0.4, -0.2) is 35.4 Å². The second-order valence-electron chi connectivity index (χ2n) is 4.87. The summed E-state index contributed by atoms with van der Waals surface area (Å²) in [6.07, 6.45) is 4.58. The maximum absolute atomic E-state index is 5.41. The molecule has 2 aromatic rings. The molecule has 6 heteroatoms. The highest BCUT2D eigenvalue weighted by Gasteiger charge is 2.24. The second-order valence-corrected chi connectivity index (χ2v) is 6.08. The van der Waals surface area contributed by atoms with Gasteiger partial charge in [0.1, 0.15) is 5.52 Å². The molecule has 0 unspecified atom stereocenters. The molecule has 0 saturated carbocycles. The van der Waals surface area contributed by atoms with Gasteiger partial charge in [-0.3, -0.25) is 4.98 Å². The van der Waals surface area contributed by atoms with Gasteiger partial charge in [0.15, 0.2) is 0 Å². The van der Waals surface area contributed by atoms with Gasteiger partial charge in [0, 0.05) is 36.8 Å². The molecule has 110 valence electrons. The van der Waals surface area contributed by atoms with Gasteiger partial charge in [-0.1, -0.05) is 0 Å². The summed E-state index contributed by atoms with van der Waals surface area (Å²) in [5.74, 6) is 0.618. The van der Waals surface area contributed by atoms with E-state index < -0.39 is 0 Å². The summed E-state index contributed by atoms with van der Waals surface area (Å²) in [6, 6.07) is 5.82. The van der Waals surface area contributed by atoms with E-state index in [9.17, 15) is 0 Å². The van der Waals surface area contributed by atoms with E-state index in [1.54, 1.807) is 25.1 Å². The van der Waals surface area contributed by atoms with Crippen molar-refractivity contribution in [3.05, 3.63) is 36.0 Å². The van der Waals surface area contributed by atoms with E-state index in [0.717, 1.165) is 36.2 Å². The number of methoxy groups -OCH3 is 1. The molecule has 3 rings (SSSR count). The molecule has 1 aliphatic rings. The monoisotopic (exact) mass is 302 g/mol. The second kappa shape index (κ2) is 6.22. The molecule has 0 amide bonds. The molecule has 2 N–H and O–H groups in total. The lowest BCUT2D eigenvalue weighted by atomic mass is 10.2. The highest BCUT2D eigenvalue weighted by Crippen LogP contribution is 2.31. The number of anilines is 1. The van der Waals surface area contributed by atoms with E-state index in [0.29, 0.717) is 11.1 Å². The molecule has 5 nitrogen and oxygen atoms in total. The highest BCUT2D eigenvalue weighted by atomic mass is 32.2. The van der Waals surface area contributed by atoms with Crippen LogP contribution in [0.3, 0.4) is 0 Å². The number of rotatable bonds is 4. The van der Waals surface area contributed by atoms with Crippen LogP contribution < -0.4 is 15.4 Å². The van der Waals surface area contributed by atoms with Crippen LogP contribution in [0.5, 0.6) is 5.88 Å². The fourth-order valence-corrected chi connectivity index (χ4v) is 3.40. The van der Waals surface area contributed by atoms with Crippen molar-refractivity contribution in [2.75, 3.05) is 25.1 Å². The Morgan fingerprint density at radius 3 is 3.14 bits per heavy atom. The summed E-state index contributed by atoms with van der Waals surface area (Å²) < 4.78 is 5.23. The summed E-state index contributed by atoms with van der Waals surface area (Å²) in [4.78, 5) is 11.3. The Morgan fingerprint density at radius 1 is 1.43 bits per heavy atom. The summed E-state index contributed by atoms with van der Waals surface area (Å²) in [7, 11) is 1.63. The third kappa shape index (κ3) is 2.90. The zero-order chi connectivity index (χ0) is 14.7. The molecule has 0 aliphatic carbocycles. The number of pyridine rings is 2. The fraction of sp³-hybridized carbons (Fsp3) is 0.333. The predicted octanol–water partition coefficient (Wildman–Crippen LogP) is 2.38. The minimum Gasteiger partial charge on any atom is -0.481 e. The van der Waals surface area contributed by atoms with E-state index in [2.05, 4.69) is 14.9 Å². The quantitative estimate of drug-likeness (QED) is 0.935. The molecule has 0 aromatic carbocycles. The van der Waals surface area contributed by atoms with E-state index in [1.165, 1.54) is 0 Å². The molecule has 21 heavy (non-hydrogen) atoms. The van der Waals surface area contributed by atoms with Crippen molar-refractivity contribution in [1.29, 1.82) is 0 Å². The van der Waals surface area contributed by atoms with E-state index in [4.69, 9.17) is 10.5 Å². The summed E-state index contributed by atoms with van der Waals surface area (Å²) in [6.45, 7) is 2.01. The van der Waals surface area contributed by atoms with Gasteiger partial charge in [-0.25, -0.2) is 4.98 Å². The number of hydrogen-bond acceptors (Lipinski definition) is 6. The summed E-state index contributed by atoms with van der Waals surface area (Å²) >= 11 is 1.79. The highest BCUT2D eigenvalue weighted by molar-refractivity contribution is 8.02. The van der Waals surface area contributed by atoms with Gasteiger partial charge in [-0.15, -0.1) is 11.8 Å². The zero-order valence-electron chi connectivity index (χ0n) is 11.9. The topological polar surface area (TPSA) is 64.3 Å². The van der Waals surface area contributed by atoms with Gasteiger partial charge in [0.05, 0.1) is 18.3 Å². The Morgan fingerprint density at radius 2 is 2.33 bits per heavy atom. The SMILES string of the molecule is COc1ccc2nccc(N3CC[C@@H](S/C=C/N)C3)c2n1. The number of hydrogen-bond donors (Lipinski definition) is 1. The molecule has 1 aliphatic heterocycles. The van der Waals surface area contributed by atoms with E-state index in [1.807, 2.05) is 29.8 Å². The maximum Gasteiger partial charge on any atom is 0.213 e. The number of thioether (sulfide) groups is 1. The number of ether oxygens (including phenoxy) is 1. The maximum atomic E-state index is 5.41. The van der Waals surface area contributed by atoms with Crippen LogP contribution in [-0.2, 0) is 0 Å². The first kappa shape index (κ1) is 14.0. The van der Waals surface area contributed by atoms with Crippen molar-refractivity contribution in [2.45, 2.75) is 11.7 Å². The Bertz CT molecular complexity index is 661. The molecule has 1 atom stereocenters. The van der Waals surface area contributed by atoms with Crippen molar-refractivity contribution < 1.29 is 4.74 Å². The Kier molecular flexibility index (Phi) is 4.15. The molecular weight excluding hydrogens is 284 g/mol. The Labute approximate surface area is 128 Å². The normalized spacial score (nSPS) is 18.7. The average molecular weight is 302 g/mol. The van der Waals surface area contributed by atoms with Crippen LogP contribution in [0.2, 0.25) is 0 Å². The lowest BCUT2D eigenvalue weighted by Gasteiger charge is -2.19. The van der Waals surface area contributed by atoms with Gasteiger partial charge < -0.3 is 15.4 Å². The van der Waals surface area contributed by atoms with Crippen molar-refractivity contribution >= 4 is 28.5 Å². The van der Waals surface area contributed by atoms with Gasteiger partial charge in [-0.05, 0) is 24.0 Å². The van der Waals surface area contributed by atoms with Gasteiger partial charge in [0.25, 0.3) is 0 Å². The third-order valence-corrected chi connectivity index (χ3v) is 4.67. The smallest absolute Gasteiger partial charge is 0.213 e. The van der Waals surface area contributed by atoms with Gasteiger partial charge in [-0.2, -0.15) is 0 Å². The van der Waals surface area contributed by atoms with Crippen LogP contribution in [0.25, 0.3) is 11.0 Å². The van der Waals surface area contributed by atoms with Crippen LogP contribution in [0, 0.1) is 0 Å². The average Bonchev–Trinajstić information content (AvgIpc) is 3.00. The van der Waals surface area contributed by atoms with Crippen molar-refractivity contribution in [3.8, 4) is 5.88 Å². The number of fused-ring (bicyclic) bond motifs is 1. The lowest BCUT2D eigenvalue weighted by Crippen LogP contribution is -2.20. The first-order valence-electron chi connectivity index (χ1n) is 6.88. The minimum atomic E-state index is 0.568.